The van der Waals surface area contributed by atoms with Gasteiger partial charge < -0.3 is 14.8 Å². The van der Waals surface area contributed by atoms with Crippen molar-refractivity contribution in [3.05, 3.63) is 58.9 Å². The molecule has 0 unspecified atom stereocenters. The van der Waals surface area contributed by atoms with Crippen molar-refractivity contribution in [2.75, 3.05) is 13.2 Å². The van der Waals surface area contributed by atoms with Crippen molar-refractivity contribution in [2.45, 2.75) is 44.6 Å². The minimum Gasteiger partial charge on any atom is -0.493 e. The van der Waals surface area contributed by atoms with Gasteiger partial charge in [-0.3, -0.25) is 4.79 Å². The Labute approximate surface area is 201 Å². The SMILES string of the molecule is N#Cc1ccc(OC(=O)c2c(F)cc(OCC3CCC(C(=O)[C@H]4CCCN4)CC3)cc2F)cc1F. The van der Waals surface area contributed by atoms with Crippen molar-refractivity contribution in [2.24, 2.45) is 11.8 Å². The summed E-state index contributed by atoms with van der Waals surface area (Å²) in [6.07, 6.45) is 5.05. The van der Waals surface area contributed by atoms with E-state index in [1.54, 1.807) is 6.07 Å². The molecular formula is C26H25F3N2O4. The van der Waals surface area contributed by atoms with E-state index in [4.69, 9.17) is 14.7 Å². The van der Waals surface area contributed by atoms with Crippen LogP contribution in [-0.4, -0.2) is 30.9 Å². The van der Waals surface area contributed by atoms with Crippen LogP contribution in [0.25, 0.3) is 0 Å². The van der Waals surface area contributed by atoms with Crippen molar-refractivity contribution in [3.63, 3.8) is 0 Å². The molecule has 2 aliphatic rings. The van der Waals surface area contributed by atoms with Crippen LogP contribution < -0.4 is 14.8 Å². The molecule has 0 radical (unpaired) electrons. The molecule has 0 bridgehead atoms. The highest BCUT2D eigenvalue weighted by atomic mass is 19.1. The van der Waals surface area contributed by atoms with Crippen LogP contribution in [0.5, 0.6) is 11.5 Å². The third-order valence-electron chi connectivity index (χ3n) is 6.63. The fourth-order valence-electron chi connectivity index (χ4n) is 4.68. The number of nitrogens with zero attached hydrogens (tertiary/aromatic N) is 1. The summed E-state index contributed by atoms with van der Waals surface area (Å²) in [7, 11) is 0. The van der Waals surface area contributed by atoms with Crippen LogP contribution in [0.2, 0.25) is 0 Å². The van der Waals surface area contributed by atoms with Gasteiger partial charge in [0.25, 0.3) is 0 Å². The molecule has 9 heteroatoms. The molecule has 2 aromatic rings. The molecule has 6 nitrogen and oxygen atoms in total. The van der Waals surface area contributed by atoms with E-state index in [2.05, 4.69) is 5.32 Å². The number of ether oxygens (including phenoxy) is 2. The Morgan fingerprint density at radius 1 is 0.971 bits per heavy atom. The molecule has 2 aromatic carbocycles. The van der Waals surface area contributed by atoms with Gasteiger partial charge in [0, 0.05) is 24.1 Å². The highest BCUT2D eigenvalue weighted by Crippen LogP contribution is 2.32. The maximum absolute atomic E-state index is 14.5. The molecule has 1 N–H and O–H groups in total. The first-order valence-corrected chi connectivity index (χ1v) is 11.7. The standard InChI is InChI=1S/C26H25F3N2O4/c27-20-10-18(8-7-17(20)13-30)35-26(33)24-21(28)11-19(12-22(24)29)34-14-15-3-5-16(6-4-15)25(32)23-2-1-9-31-23/h7-8,10-12,15-16,23,31H,1-6,9,14H2/t15?,16?,23-/m1/s1. The minimum atomic E-state index is -1.34. The van der Waals surface area contributed by atoms with E-state index in [-0.39, 0.29) is 47.3 Å². The number of hydrogen-bond donors (Lipinski definition) is 1. The van der Waals surface area contributed by atoms with Gasteiger partial charge in [0.2, 0.25) is 0 Å². The second kappa shape index (κ2) is 10.9. The highest BCUT2D eigenvalue weighted by molar-refractivity contribution is 5.92. The number of rotatable bonds is 7. The summed E-state index contributed by atoms with van der Waals surface area (Å²) in [5.41, 5.74) is -1.18. The summed E-state index contributed by atoms with van der Waals surface area (Å²) in [5.74, 6) is -4.44. The zero-order valence-corrected chi connectivity index (χ0v) is 19.0. The fraction of sp³-hybridized carbons (Fsp3) is 0.423. The number of halogens is 3. The van der Waals surface area contributed by atoms with E-state index in [9.17, 15) is 22.8 Å². The first-order valence-electron chi connectivity index (χ1n) is 11.7. The van der Waals surface area contributed by atoms with Crippen LogP contribution in [0.4, 0.5) is 13.2 Å². The summed E-state index contributed by atoms with van der Waals surface area (Å²) in [6, 6.07) is 6.43. The molecule has 0 spiro atoms. The van der Waals surface area contributed by atoms with E-state index in [0.29, 0.717) is 0 Å². The average molecular weight is 486 g/mol. The summed E-state index contributed by atoms with van der Waals surface area (Å²) >= 11 is 0. The lowest BCUT2D eigenvalue weighted by atomic mass is 9.78. The smallest absolute Gasteiger partial charge is 0.349 e. The van der Waals surface area contributed by atoms with Gasteiger partial charge >= 0.3 is 5.97 Å². The molecule has 0 aromatic heterocycles. The molecule has 0 amide bonds. The minimum absolute atomic E-state index is 0.0279. The van der Waals surface area contributed by atoms with Crippen LogP contribution in [0, 0.1) is 40.6 Å². The molecule has 184 valence electrons. The van der Waals surface area contributed by atoms with Gasteiger partial charge in [-0.1, -0.05) is 0 Å². The van der Waals surface area contributed by atoms with Gasteiger partial charge in [0.15, 0.2) is 5.78 Å². The number of hydrogen-bond acceptors (Lipinski definition) is 6. The van der Waals surface area contributed by atoms with Gasteiger partial charge in [-0.25, -0.2) is 18.0 Å². The van der Waals surface area contributed by atoms with Crippen LogP contribution in [0.3, 0.4) is 0 Å². The maximum Gasteiger partial charge on any atom is 0.349 e. The molecule has 2 fully saturated rings. The number of nitrogens with one attached hydrogen (secondary N) is 1. The van der Waals surface area contributed by atoms with Gasteiger partial charge in [-0.15, -0.1) is 0 Å². The Balaban J connectivity index is 1.31. The van der Waals surface area contributed by atoms with Crippen LogP contribution >= 0.6 is 0 Å². The number of carbonyl (C=O) groups is 2. The molecule has 1 aliphatic heterocycles. The Morgan fingerprint density at radius 2 is 1.66 bits per heavy atom. The average Bonchev–Trinajstić information content (AvgIpc) is 3.37. The van der Waals surface area contributed by atoms with Crippen molar-refractivity contribution >= 4 is 11.8 Å². The van der Waals surface area contributed by atoms with E-state index < -0.39 is 29.0 Å². The van der Waals surface area contributed by atoms with Gasteiger partial charge in [0.05, 0.1) is 18.2 Å². The largest absolute Gasteiger partial charge is 0.493 e. The predicted molar refractivity (Wildman–Crippen MR) is 119 cm³/mol. The van der Waals surface area contributed by atoms with Crippen molar-refractivity contribution in [3.8, 4) is 17.6 Å². The summed E-state index contributed by atoms with van der Waals surface area (Å²) < 4.78 is 53.2. The van der Waals surface area contributed by atoms with E-state index in [0.717, 1.165) is 75.4 Å². The zero-order valence-electron chi connectivity index (χ0n) is 19.0. The van der Waals surface area contributed by atoms with Crippen LogP contribution in [0.15, 0.2) is 30.3 Å². The van der Waals surface area contributed by atoms with Crippen LogP contribution in [-0.2, 0) is 4.79 Å². The van der Waals surface area contributed by atoms with E-state index in [1.807, 2.05) is 0 Å². The van der Waals surface area contributed by atoms with Crippen molar-refractivity contribution in [1.29, 1.82) is 5.26 Å². The van der Waals surface area contributed by atoms with E-state index in [1.165, 1.54) is 0 Å². The van der Waals surface area contributed by atoms with Gasteiger partial charge in [0.1, 0.15) is 40.6 Å². The number of ketones is 1. The third-order valence-corrected chi connectivity index (χ3v) is 6.63. The first-order chi connectivity index (χ1) is 16.9. The molecule has 35 heavy (non-hydrogen) atoms. The van der Waals surface area contributed by atoms with Crippen molar-refractivity contribution in [1.82, 2.24) is 5.32 Å². The lowest BCUT2D eigenvalue weighted by molar-refractivity contribution is -0.125. The Kier molecular flexibility index (Phi) is 7.71. The molecule has 1 saturated heterocycles. The second-order valence-electron chi connectivity index (χ2n) is 8.98. The summed E-state index contributed by atoms with van der Waals surface area (Å²) in [4.78, 5) is 24.8. The highest BCUT2D eigenvalue weighted by Gasteiger charge is 2.32. The lowest BCUT2D eigenvalue weighted by Gasteiger charge is -2.29. The predicted octanol–water partition coefficient (Wildman–Crippen LogP) is 4.70. The van der Waals surface area contributed by atoms with Crippen LogP contribution in [0.1, 0.15) is 54.4 Å². The second-order valence-corrected chi connectivity index (χ2v) is 8.98. The molecule has 1 aliphatic carbocycles. The molecular weight excluding hydrogens is 461 g/mol. The summed E-state index contributed by atoms with van der Waals surface area (Å²) in [5, 5.41) is 12.0. The third kappa shape index (κ3) is 5.82. The number of nitriles is 1. The Hall–Kier alpha value is -3.38. The van der Waals surface area contributed by atoms with E-state index >= 15 is 0 Å². The monoisotopic (exact) mass is 486 g/mol. The number of carbonyl (C=O) groups excluding carboxylic acids is 2. The first kappa shape index (κ1) is 24.7. The normalized spacial score (nSPS) is 21.8. The van der Waals surface area contributed by atoms with Gasteiger partial charge in [-0.05, 0) is 63.1 Å². The molecule has 4 rings (SSSR count). The quantitative estimate of drug-likeness (QED) is 0.451. The Morgan fingerprint density at radius 3 is 2.26 bits per heavy atom. The molecule has 1 saturated carbocycles. The number of Topliss-reactive ketones (excluding diaryl/α,β-unsaturated/α-hetero) is 1. The Bertz CT molecular complexity index is 1130. The number of benzene rings is 2. The molecule has 1 atom stereocenters. The summed E-state index contributed by atoms with van der Waals surface area (Å²) in [6.45, 7) is 1.13. The van der Waals surface area contributed by atoms with Gasteiger partial charge in [-0.2, -0.15) is 5.26 Å². The van der Waals surface area contributed by atoms with Crippen molar-refractivity contribution < 1.29 is 32.2 Å². The number of esters is 1. The lowest BCUT2D eigenvalue weighted by Crippen LogP contribution is -2.37. The molecule has 1 heterocycles. The maximum atomic E-state index is 14.5. The fourth-order valence-corrected chi connectivity index (χ4v) is 4.68. The zero-order chi connectivity index (χ0) is 24.9. The topological polar surface area (TPSA) is 88.4 Å².